The van der Waals surface area contributed by atoms with E-state index in [9.17, 15) is 34.5 Å². The van der Waals surface area contributed by atoms with Gasteiger partial charge in [0, 0.05) is 0 Å². The molecule has 0 N–H and O–H groups in total. The van der Waals surface area contributed by atoms with Gasteiger partial charge in [0.1, 0.15) is 0 Å². The van der Waals surface area contributed by atoms with Crippen molar-refractivity contribution >= 4 is 14.5 Å². The smallest absolute Gasteiger partial charge is 0.418 e. The first-order valence-electron chi connectivity index (χ1n) is 1.75. The molecule has 10 heavy (non-hydrogen) atoms. The molecule has 10 heteroatoms. The third-order valence-corrected chi connectivity index (χ3v) is 0. The Morgan fingerprint density at radius 3 is 0.500 bits per heavy atom. The van der Waals surface area contributed by atoms with Crippen LogP contribution in [0.5, 0.6) is 0 Å². The summed E-state index contributed by atoms with van der Waals surface area (Å²) in [5.41, 5.74) is 0. The SMILES string of the molecule is F[B-](F)(F)F.F[B-](F)(F)F.[H+].[H+]. The van der Waals surface area contributed by atoms with Gasteiger partial charge in [0.05, 0.1) is 0 Å². The molecule has 0 fully saturated rings. The summed E-state index contributed by atoms with van der Waals surface area (Å²) in [6.07, 6.45) is 0. The van der Waals surface area contributed by atoms with Crippen LogP contribution in [-0.2, 0) is 0 Å². The minimum atomic E-state index is -6.00. The number of hydrogen-bond acceptors (Lipinski definition) is 0. The Morgan fingerprint density at radius 2 is 0.500 bits per heavy atom. The van der Waals surface area contributed by atoms with E-state index in [1.807, 2.05) is 0 Å². The lowest BCUT2D eigenvalue weighted by molar-refractivity contribution is 0.366. The predicted molar refractivity (Wildman–Crippen MR) is 22.6 cm³/mol. The molecule has 0 amide bonds. The molecule has 0 radical (unpaired) electrons. The molecule has 0 atom stereocenters. The Kier molecular flexibility index (Phi) is 4.50. The van der Waals surface area contributed by atoms with Crippen molar-refractivity contribution in [3.05, 3.63) is 0 Å². The number of hydrogen-bond donors (Lipinski definition) is 0. The number of halogens is 8. The van der Waals surface area contributed by atoms with Crippen LogP contribution in [0.25, 0.3) is 0 Å². The largest absolute Gasteiger partial charge is 1.00 e. The van der Waals surface area contributed by atoms with Crippen LogP contribution in [0.3, 0.4) is 0 Å². The van der Waals surface area contributed by atoms with Crippen LogP contribution >= 0.6 is 0 Å². The maximum absolute atomic E-state index is 9.75. The molecule has 0 saturated carbocycles. The zero-order valence-corrected chi connectivity index (χ0v) is 4.18. The van der Waals surface area contributed by atoms with Crippen molar-refractivity contribution in [1.29, 1.82) is 0 Å². The van der Waals surface area contributed by atoms with Crippen LogP contribution < -0.4 is 0 Å². The van der Waals surface area contributed by atoms with Crippen molar-refractivity contribution in [2.75, 3.05) is 0 Å². The molecule has 0 aliphatic rings. The Bertz CT molecular complexity index is 58.0. The summed E-state index contributed by atoms with van der Waals surface area (Å²) in [7, 11) is -12.0. The van der Waals surface area contributed by atoms with Gasteiger partial charge in [-0.2, -0.15) is 0 Å². The second-order valence-electron chi connectivity index (χ2n) is 0.990. The summed E-state index contributed by atoms with van der Waals surface area (Å²) in [4.78, 5) is 0. The fourth-order valence-electron chi connectivity index (χ4n) is 0. The van der Waals surface area contributed by atoms with Gasteiger partial charge in [-0.1, -0.05) is 0 Å². The van der Waals surface area contributed by atoms with E-state index in [1.54, 1.807) is 0 Å². The Hall–Kier alpha value is -0.430. The maximum Gasteiger partial charge on any atom is 1.00 e. The van der Waals surface area contributed by atoms with Crippen LogP contribution in [-0.4, -0.2) is 14.5 Å². The van der Waals surface area contributed by atoms with E-state index in [4.69, 9.17) is 0 Å². The van der Waals surface area contributed by atoms with E-state index in [2.05, 4.69) is 0 Å². The van der Waals surface area contributed by atoms with E-state index in [-0.39, 0.29) is 2.85 Å². The molecule has 0 aromatic heterocycles. The Morgan fingerprint density at radius 1 is 0.500 bits per heavy atom. The van der Waals surface area contributed by atoms with Crippen molar-refractivity contribution < 1.29 is 37.4 Å². The molecule has 0 aromatic rings. The lowest BCUT2D eigenvalue weighted by Crippen LogP contribution is -2.02. The van der Waals surface area contributed by atoms with Crippen LogP contribution in [0.15, 0.2) is 0 Å². The van der Waals surface area contributed by atoms with Crippen LogP contribution in [0.1, 0.15) is 2.85 Å². The summed E-state index contributed by atoms with van der Waals surface area (Å²) < 4.78 is 78.0. The molecule has 0 bridgehead atoms. The normalized spacial score (nSPS) is 12.0. The second-order valence-corrected chi connectivity index (χ2v) is 0.990. The van der Waals surface area contributed by atoms with Gasteiger partial charge in [0.25, 0.3) is 0 Å². The van der Waals surface area contributed by atoms with Crippen molar-refractivity contribution in [3.8, 4) is 0 Å². The molecule has 0 aliphatic heterocycles. The maximum atomic E-state index is 9.75. The van der Waals surface area contributed by atoms with Gasteiger partial charge >= 0.3 is 17.4 Å². The van der Waals surface area contributed by atoms with Crippen LogP contribution in [0.2, 0.25) is 0 Å². The third-order valence-electron chi connectivity index (χ3n) is 0. The second kappa shape index (κ2) is 3.67. The summed E-state index contributed by atoms with van der Waals surface area (Å²) in [5, 5.41) is 0. The summed E-state index contributed by atoms with van der Waals surface area (Å²) >= 11 is 0. The van der Waals surface area contributed by atoms with Crippen molar-refractivity contribution in [1.82, 2.24) is 0 Å². The predicted octanol–water partition coefficient (Wildman–Crippen LogP) is 2.82. The first kappa shape index (κ1) is 12.3. The first-order chi connectivity index (χ1) is 4.00. The van der Waals surface area contributed by atoms with E-state index >= 15 is 0 Å². The van der Waals surface area contributed by atoms with Gasteiger partial charge in [-0.3, -0.25) is 0 Å². The topological polar surface area (TPSA) is 0 Å². The quantitative estimate of drug-likeness (QED) is 0.392. The molecular formula is H2B2F8. The van der Waals surface area contributed by atoms with E-state index in [0.29, 0.717) is 0 Å². The molecule has 0 aliphatic carbocycles. The highest BCUT2D eigenvalue weighted by Crippen LogP contribution is 2.07. The summed E-state index contributed by atoms with van der Waals surface area (Å²) in [6.45, 7) is 0. The number of rotatable bonds is 0. The highest BCUT2D eigenvalue weighted by Gasteiger charge is 2.21. The van der Waals surface area contributed by atoms with Gasteiger partial charge in [0.15, 0.2) is 0 Å². The van der Waals surface area contributed by atoms with E-state index in [1.165, 1.54) is 0 Å². The molecule has 0 spiro atoms. The van der Waals surface area contributed by atoms with Gasteiger partial charge in [0.2, 0.25) is 0 Å². The van der Waals surface area contributed by atoms with Crippen LogP contribution in [0.4, 0.5) is 34.5 Å². The standard InChI is InChI=1S/2BF4/c2*2-1(3,4)5/q2*-1/p+2. The minimum Gasteiger partial charge on any atom is -0.418 e. The average Bonchev–Trinajstić information content (AvgIpc) is 1.12. The summed E-state index contributed by atoms with van der Waals surface area (Å²) in [5.74, 6) is 0. The molecule has 0 nitrogen and oxygen atoms in total. The van der Waals surface area contributed by atoms with Crippen molar-refractivity contribution in [2.24, 2.45) is 0 Å². The monoisotopic (exact) mass is 176 g/mol. The lowest BCUT2D eigenvalue weighted by atomic mass is 10.3. The zero-order chi connectivity index (χ0) is 9.00. The summed E-state index contributed by atoms with van der Waals surface area (Å²) in [6, 6.07) is 0. The van der Waals surface area contributed by atoms with Crippen molar-refractivity contribution in [2.45, 2.75) is 0 Å². The molecule has 0 unspecified atom stereocenters. The average molecular weight is 176 g/mol. The molecule has 0 rings (SSSR count). The van der Waals surface area contributed by atoms with Gasteiger partial charge < -0.3 is 34.5 Å². The Balaban J connectivity index is -0.0000000457. The molecule has 0 heterocycles. The molecule has 64 valence electrons. The molecular weight excluding hydrogens is 174 g/mol. The third kappa shape index (κ3) is 1770. The van der Waals surface area contributed by atoms with Crippen LogP contribution in [0, 0.1) is 0 Å². The molecule has 0 aromatic carbocycles. The van der Waals surface area contributed by atoms with Gasteiger partial charge in [-0.15, -0.1) is 0 Å². The van der Waals surface area contributed by atoms with Crippen molar-refractivity contribution in [3.63, 3.8) is 0 Å². The molecule has 0 saturated heterocycles. The fourth-order valence-corrected chi connectivity index (χ4v) is 0. The highest BCUT2D eigenvalue weighted by molar-refractivity contribution is 6.50. The minimum absolute atomic E-state index is 0. The fraction of sp³-hybridized carbons (Fsp3) is 0. The highest BCUT2D eigenvalue weighted by atomic mass is 19.5. The zero-order valence-electron chi connectivity index (χ0n) is 6.18. The first-order valence-corrected chi connectivity index (χ1v) is 1.75. The van der Waals surface area contributed by atoms with Gasteiger partial charge in [-0.05, 0) is 0 Å². The van der Waals surface area contributed by atoms with E-state index < -0.39 is 14.5 Å². The van der Waals surface area contributed by atoms with Gasteiger partial charge in [-0.25, -0.2) is 0 Å². The van der Waals surface area contributed by atoms with E-state index in [0.717, 1.165) is 0 Å². The lowest BCUT2D eigenvalue weighted by Gasteiger charge is -1.94. The Labute approximate surface area is 53.4 Å².